The van der Waals surface area contributed by atoms with Gasteiger partial charge in [-0.15, -0.1) is 0 Å². The molecule has 108 valence electrons. The molecule has 21 heavy (non-hydrogen) atoms. The maximum atomic E-state index is 11.9. The maximum absolute atomic E-state index is 11.9. The fourth-order valence-corrected chi connectivity index (χ4v) is 2.31. The maximum Gasteiger partial charge on any atom is 0.337 e. The van der Waals surface area contributed by atoms with Gasteiger partial charge >= 0.3 is 5.97 Å². The van der Waals surface area contributed by atoms with Gasteiger partial charge in [0.15, 0.2) is 0 Å². The minimum absolute atomic E-state index is 0.0566. The van der Waals surface area contributed by atoms with E-state index in [1.54, 1.807) is 49.6 Å². The van der Waals surface area contributed by atoms with E-state index in [0.29, 0.717) is 5.75 Å². The Morgan fingerprint density at radius 2 is 1.76 bits per heavy atom. The summed E-state index contributed by atoms with van der Waals surface area (Å²) in [5.74, 6) is -0.378. The first-order chi connectivity index (χ1) is 10.1. The third-order valence-corrected chi connectivity index (χ3v) is 3.46. The van der Waals surface area contributed by atoms with Crippen LogP contribution in [-0.4, -0.2) is 23.4 Å². The Balaban J connectivity index is 2.06. The van der Waals surface area contributed by atoms with Crippen LogP contribution in [0.3, 0.4) is 0 Å². The van der Waals surface area contributed by atoms with Crippen molar-refractivity contribution in [2.24, 2.45) is 0 Å². The summed E-state index contributed by atoms with van der Waals surface area (Å²) in [6.07, 6.45) is 0. The Hall–Kier alpha value is -2.47. The average molecular weight is 303 g/mol. The van der Waals surface area contributed by atoms with Gasteiger partial charge in [0.25, 0.3) is 5.24 Å². The number of carboxylic acids is 1. The second-order valence-corrected chi connectivity index (χ2v) is 5.09. The van der Waals surface area contributed by atoms with Gasteiger partial charge in [-0.3, -0.25) is 4.79 Å². The molecule has 0 unspecified atom stereocenters. The number of nitrogens with one attached hydrogen (secondary N) is 1. The number of methoxy groups -OCH3 is 1. The highest BCUT2D eigenvalue weighted by Gasteiger charge is 2.12. The summed E-state index contributed by atoms with van der Waals surface area (Å²) in [5.41, 5.74) is 0.331. The van der Waals surface area contributed by atoms with Crippen molar-refractivity contribution in [2.45, 2.75) is 4.90 Å². The Kier molecular flexibility index (Phi) is 4.84. The number of carbonyl (C=O) groups excluding carboxylic acids is 1. The molecule has 0 aromatic heterocycles. The second-order valence-electron chi connectivity index (χ2n) is 4.04. The van der Waals surface area contributed by atoms with Crippen molar-refractivity contribution >= 4 is 28.7 Å². The number of para-hydroxylation sites is 1. The summed E-state index contributed by atoms with van der Waals surface area (Å²) in [6.45, 7) is 0. The van der Waals surface area contributed by atoms with Crippen LogP contribution in [-0.2, 0) is 0 Å². The van der Waals surface area contributed by atoms with E-state index in [-0.39, 0.29) is 16.5 Å². The molecule has 2 N–H and O–H groups in total. The molecule has 0 saturated heterocycles. The molecule has 0 aliphatic carbocycles. The summed E-state index contributed by atoms with van der Waals surface area (Å²) >= 11 is 0.980. The van der Waals surface area contributed by atoms with Gasteiger partial charge in [0.05, 0.1) is 18.4 Å². The van der Waals surface area contributed by atoms with Crippen LogP contribution in [0.25, 0.3) is 0 Å². The lowest BCUT2D eigenvalue weighted by molar-refractivity contribution is 0.0698. The number of aromatic carboxylic acids is 1. The first-order valence-corrected chi connectivity index (χ1v) is 6.87. The number of ether oxygens (including phenoxy) is 1. The highest BCUT2D eigenvalue weighted by Crippen LogP contribution is 2.24. The number of anilines is 1. The number of amides is 1. The average Bonchev–Trinajstić information content (AvgIpc) is 2.48. The van der Waals surface area contributed by atoms with Crippen molar-refractivity contribution in [2.75, 3.05) is 12.4 Å². The highest BCUT2D eigenvalue weighted by atomic mass is 32.2. The van der Waals surface area contributed by atoms with E-state index < -0.39 is 5.97 Å². The monoisotopic (exact) mass is 303 g/mol. The van der Waals surface area contributed by atoms with Gasteiger partial charge in [0.2, 0.25) is 0 Å². The third-order valence-electron chi connectivity index (χ3n) is 2.66. The van der Waals surface area contributed by atoms with Gasteiger partial charge in [-0.2, -0.15) is 0 Å². The number of carbonyl (C=O) groups is 2. The van der Waals surface area contributed by atoms with Gasteiger partial charge in [-0.1, -0.05) is 12.1 Å². The predicted molar refractivity (Wildman–Crippen MR) is 81.3 cm³/mol. The lowest BCUT2D eigenvalue weighted by Crippen LogP contribution is -2.09. The second kappa shape index (κ2) is 6.81. The largest absolute Gasteiger partial charge is 0.497 e. The summed E-state index contributed by atoms with van der Waals surface area (Å²) in [4.78, 5) is 23.7. The SMILES string of the molecule is COc1ccc(SC(=O)Nc2ccccc2C(=O)O)cc1. The molecule has 6 heteroatoms. The van der Waals surface area contributed by atoms with Gasteiger partial charge < -0.3 is 15.2 Å². The molecule has 1 amide bonds. The molecular weight excluding hydrogens is 290 g/mol. The molecular formula is C15H13NO4S. The third kappa shape index (κ3) is 4.00. The quantitative estimate of drug-likeness (QED) is 0.842. The van der Waals surface area contributed by atoms with Gasteiger partial charge in [-0.25, -0.2) is 4.79 Å². The number of rotatable bonds is 4. The van der Waals surface area contributed by atoms with Crippen LogP contribution in [0.5, 0.6) is 5.75 Å². The fourth-order valence-electron chi connectivity index (χ4n) is 1.66. The zero-order valence-corrected chi connectivity index (χ0v) is 12.0. The number of hydrogen-bond donors (Lipinski definition) is 2. The molecule has 0 fully saturated rings. The smallest absolute Gasteiger partial charge is 0.337 e. The number of benzene rings is 2. The topological polar surface area (TPSA) is 75.6 Å². The molecule has 0 radical (unpaired) electrons. The van der Waals surface area contributed by atoms with Crippen molar-refractivity contribution in [1.82, 2.24) is 0 Å². The Bertz CT molecular complexity index is 655. The van der Waals surface area contributed by atoms with Crippen molar-refractivity contribution in [3.05, 3.63) is 54.1 Å². The molecule has 0 bridgehead atoms. The minimum atomic E-state index is -1.08. The summed E-state index contributed by atoms with van der Waals surface area (Å²) in [6, 6.07) is 13.3. The van der Waals surface area contributed by atoms with Crippen LogP contribution in [0, 0.1) is 0 Å². The lowest BCUT2D eigenvalue weighted by Gasteiger charge is -2.08. The summed E-state index contributed by atoms with van der Waals surface area (Å²) in [5, 5.41) is 11.3. The molecule has 0 heterocycles. The van der Waals surface area contributed by atoms with Crippen molar-refractivity contribution in [3.8, 4) is 5.75 Å². The normalized spacial score (nSPS) is 9.95. The van der Waals surface area contributed by atoms with Gasteiger partial charge in [-0.05, 0) is 48.2 Å². The summed E-state index contributed by atoms with van der Waals surface area (Å²) in [7, 11) is 1.57. The first-order valence-electron chi connectivity index (χ1n) is 6.05. The molecule has 2 aromatic carbocycles. The van der Waals surface area contributed by atoms with E-state index in [2.05, 4.69) is 5.32 Å². The Morgan fingerprint density at radius 1 is 1.10 bits per heavy atom. The molecule has 2 rings (SSSR count). The predicted octanol–water partition coefficient (Wildman–Crippen LogP) is 3.72. The molecule has 0 atom stereocenters. The van der Waals surface area contributed by atoms with Crippen LogP contribution in [0.2, 0.25) is 0 Å². The molecule has 0 aliphatic rings. The number of hydrogen-bond acceptors (Lipinski definition) is 4. The number of carboxylic acid groups (broad SMARTS) is 1. The first kappa shape index (κ1) is 14.9. The van der Waals surface area contributed by atoms with Crippen LogP contribution in [0.15, 0.2) is 53.4 Å². The molecule has 0 aliphatic heterocycles. The van der Waals surface area contributed by atoms with Crippen molar-refractivity contribution < 1.29 is 19.4 Å². The van der Waals surface area contributed by atoms with E-state index in [0.717, 1.165) is 16.7 Å². The van der Waals surface area contributed by atoms with E-state index in [4.69, 9.17) is 9.84 Å². The molecule has 5 nitrogen and oxygen atoms in total. The molecule has 2 aromatic rings. The fraction of sp³-hybridized carbons (Fsp3) is 0.0667. The minimum Gasteiger partial charge on any atom is -0.497 e. The lowest BCUT2D eigenvalue weighted by atomic mass is 10.2. The zero-order valence-electron chi connectivity index (χ0n) is 11.2. The Morgan fingerprint density at radius 3 is 2.38 bits per heavy atom. The van der Waals surface area contributed by atoms with E-state index in [1.165, 1.54) is 6.07 Å². The van der Waals surface area contributed by atoms with Crippen LogP contribution in [0.1, 0.15) is 10.4 Å². The standard InChI is InChI=1S/C15H13NO4S/c1-20-10-6-8-11(9-7-10)21-15(19)16-13-5-3-2-4-12(13)14(17)18/h2-9H,1H3,(H,16,19)(H,17,18). The van der Waals surface area contributed by atoms with Gasteiger partial charge in [0.1, 0.15) is 5.75 Å². The molecule has 0 spiro atoms. The molecule has 0 saturated carbocycles. The van der Waals surface area contributed by atoms with Crippen molar-refractivity contribution in [1.29, 1.82) is 0 Å². The van der Waals surface area contributed by atoms with E-state index >= 15 is 0 Å². The van der Waals surface area contributed by atoms with Crippen molar-refractivity contribution in [3.63, 3.8) is 0 Å². The van der Waals surface area contributed by atoms with E-state index in [9.17, 15) is 9.59 Å². The van der Waals surface area contributed by atoms with E-state index in [1.807, 2.05) is 0 Å². The highest BCUT2D eigenvalue weighted by molar-refractivity contribution is 8.13. The van der Waals surface area contributed by atoms with Crippen LogP contribution >= 0.6 is 11.8 Å². The Labute approximate surface area is 125 Å². The van der Waals surface area contributed by atoms with Crippen LogP contribution in [0.4, 0.5) is 10.5 Å². The van der Waals surface area contributed by atoms with Gasteiger partial charge in [0, 0.05) is 4.90 Å². The van der Waals surface area contributed by atoms with Crippen LogP contribution < -0.4 is 10.1 Å². The summed E-state index contributed by atoms with van der Waals surface area (Å²) < 4.78 is 5.04. The zero-order chi connectivity index (χ0) is 15.2. The number of thioether (sulfide) groups is 1.